The van der Waals surface area contributed by atoms with Crippen LogP contribution < -0.4 is 31.7 Å². The summed E-state index contributed by atoms with van der Waals surface area (Å²) in [5.74, 6) is -3.42. The number of aliphatic imine (C=N–C) groups is 1. The first kappa shape index (κ1) is 57.2. The highest BCUT2D eigenvalue weighted by molar-refractivity contribution is 6.08. The van der Waals surface area contributed by atoms with E-state index in [1.807, 2.05) is 37.3 Å². The van der Waals surface area contributed by atoms with Crippen molar-refractivity contribution in [2.24, 2.45) is 10.4 Å². The third-order valence-electron chi connectivity index (χ3n) is 12.7. The summed E-state index contributed by atoms with van der Waals surface area (Å²) in [6.07, 6.45) is 1.07. The molecule has 2 aliphatic heterocycles. The number of nitrogens with two attached hydrogens (primary N) is 1. The molecule has 4 atom stereocenters. The van der Waals surface area contributed by atoms with Crippen molar-refractivity contribution in [1.82, 2.24) is 50.8 Å². The lowest BCUT2D eigenvalue weighted by Crippen LogP contribution is -2.57. The van der Waals surface area contributed by atoms with Crippen LogP contribution in [0.25, 0.3) is 11.3 Å². The molecule has 1 saturated heterocycles. The predicted molar refractivity (Wildman–Crippen MR) is 277 cm³/mol. The third kappa shape index (κ3) is 14.4. The van der Waals surface area contributed by atoms with Crippen molar-refractivity contribution in [3.63, 3.8) is 0 Å². The minimum absolute atomic E-state index is 0.00524. The SMILES string of the molecule is C=C(NC)C(=O)N[C@H](C(=O)N1C[C@@H](NC(=O)CCOCCOCCC(=O)NCCn2nc(C#N)c3c2CN(C)C(=O)c2ccc(F)cc2[C@@H](C)Oc2nc-3cnc2N)C[C@H]1C(=O)N=C(CC)c1ccccc1)C(C)(C)C. The Labute approximate surface area is 440 Å². The fourth-order valence-corrected chi connectivity index (χ4v) is 8.67. The predicted octanol–water partition coefficient (Wildman–Crippen LogP) is 3.36. The summed E-state index contributed by atoms with van der Waals surface area (Å²) in [4.78, 5) is 97.1. The number of aromatic nitrogens is 4. The molecule has 4 aromatic rings. The Hall–Kier alpha value is -8.10. The molecule has 76 heavy (non-hydrogen) atoms. The average molecular weight is 1050 g/mol. The van der Waals surface area contributed by atoms with E-state index in [4.69, 9.17) is 19.9 Å². The Morgan fingerprint density at radius 1 is 1.05 bits per heavy atom. The summed E-state index contributed by atoms with van der Waals surface area (Å²) < 4.78 is 33.2. The Morgan fingerprint density at radius 2 is 1.75 bits per heavy atom. The van der Waals surface area contributed by atoms with Crippen LogP contribution in [0.4, 0.5) is 10.2 Å². The summed E-state index contributed by atoms with van der Waals surface area (Å²) in [7, 11) is 3.10. The maximum absolute atomic E-state index is 14.4. The molecule has 6 N–H and O–H groups in total. The van der Waals surface area contributed by atoms with Crippen molar-refractivity contribution >= 4 is 47.0 Å². The van der Waals surface area contributed by atoms with Gasteiger partial charge in [-0.3, -0.25) is 33.4 Å². The molecule has 2 bridgehead atoms. The Kier molecular flexibility index (Phi) is 19.5. The molecule has 0 saturated carbocycles. The van der Waals surface area contributed by atoms with Gasteiger partial charge in [0.25, 0.3) is 23.6 Å². The van der Waals surface area contributed by atoms with E-state index in [9.17, 15) is 38.4 Å². The van der Waals surface area contributed by atoms with E-state index in [2.05, 4.69) is 54.0 Å². The van der Waals surface area contributed by atoms with Gasteiger partial charge in [0.05, 0.1) is 74.1 Å². The molecule has 2 aromatic heterocycles. The zero-order valence-corrected chi connectivity index (χ0v) is 43.9. The largest absolute Gasteiger partial charge is 0.467 e. The summed E-state index contributed by atoms with van der Waals surface area (Å²) in [6, 6.07) is 12.5. The van der Waals surface area contributed by atoms with Crippen LogP contribution in [-0.4, -0.2) is 142 Å². The number of likely N-dealkylation sites (tertiary alicyclic amines) is 1. The molecule has 23 heteroatoms. The lowest BCUT2D eigenvalue weighted by molar-refractivity contribution is -0.142. The van der Waals surface area contributed by atoms with Crippen LogP contribution in [0.3, 0.4) is 0 Å². The molecule has 4 heterocycles. The first-order valence-electron chi connectivity index (χ1n) is 24.9. The Balaban J connectivity index is 0.979. The van der Waals surface area contributed by atoms with E-state index in [1.54, 1.807) is 41.8 Å². The average Bonchev–Trinajstić information content (AvgIpc) is 4.00. The topological polar surface area (TPSA) is 290 Å². The first-order valence-corrected chi connectivity index (χ1v) is 24.9. The van der Waals surface area contributed by atoms with E-state index in [1.165, 1.54) is 38.9 Å². The number of nitriles is 1. The van der Waals surface area contributed by atoms with Gasteiger partial charge in [-0.2, -0.15) is 10.4 Å². The molecule has 404 valence electrons. The highest BCUT2D eigenvalue weighted by Gasteiger charge is 2.45. The van der Waals surface area contributed by atoms with E-state index >= 15 is 0 Å². The first-order chi connectivity index (χ1) is 36.2. The van der Waals surface area contributed by atoms with Crippen molar-refractivity contribution in [3.05, 3.63) is 101 Å². The van der Waals surface area contributed by atoms with E-state index in [0.717, 1.165) is 5.56 Å². The van der Waals surface area contributed by atoms with Gasteiger partial charge in [0.1, 0.15) is 30.1 Å². The molecule has 2 aromatic carbocycles. The molecular formula is C53H66FN13O9. The summed E-state index contributed by atoms with van der Waals surface area (Å²) in [5.41, 5.74) is 8.12. The Morgan fingerprint density at radius 3 is 2.41 bits per heavy atom. The van der Waals surface area contributed by atoms with E-state index < -0.39 is 59.1 Å². The van der Waals surface area contributed by atoms with Crippen molar-refractivity contribution < 1.29 is 47.4 Å². The van der Waals surface area contributed by atoms with Crippen molar-refractivity contribution in [3.8, 4) is 23.2 Å². The van der Waals surface area contributed by atoms with Crippen molar-refractivity contribution in [2.45, 2.75) is 97.6 Å². The van der Waals surface area contributed by atoms with Crippen LogP contribution in [0.15, 0.2) is 72.0 Å². The molecule has 0 radical (unpaired) electrons. The number of hydrogen-bond acceptors (Lipinski definition) is 15. The summed E-state index contributed by atoms with van der Waals surface area (Å²) >= 11 is 0. The van der Waals surface area contributed by atoms with Gasteiger partial charge in [-0.05, 0) is 48.9 Å². The number of benzene rings is 2. The van der Waals surface area contributed by atoms with Gasteiger partial charge in [-0.1, -0.05) is 64.6 Å². The quantitative estimate of drug-likeness (QED) is 0.0482. The van der Waals surface area contributed by atoms with Gasteiger partial charge >= 0.3 is 0 Å². The minimum atomic E-state index is -1.04. The second-order valence-electron chi connectivity index (χ2n) is 19.3. The van der Waals surface area contributed by atoms with Gasteiger partial charge in [0.15, 0.2) is 11.5 Å². The Bertz CT molecular complexity index is 2880. The highest BCUT2D eigenvalue weighted by atomic mass is 19.1. The number of carbonyl (C=O) groups is 6. The number of rotatable bonds is 20. The smallest absolute Gasteiger partial charge is 0.268 e. The van der Waals surface area contributed by atoms with Gasteiger partial charge < -0.3 is 51.0 Å². The van der Waals surface area contributed by atoms with Crippen LogP contribution in [0.2, 0.25) is 0 Å². The van der Waals surface area contributed by atoms with Crippen LogP contribution >= 0.6 is 0 Å². The molecule has 0 unspecified atom stereocenters. The molecular weight excluding hydrogens is 982 g/mol. The number of hydrogen-bond donors (Lipinski definition) is 5. The third-order valence-corrected chi connectivity index (χ3v) is 12.7. The lowest BCUT2D eigenvalue weighted by Gasteiger charge is -2.35. The minimum Gasteiger partial charge on any atom is -0.467 e. The molecule has 0 aliphatic carbocycles. The van der Waals surface area contributed by atoms with Crippen molar-refractivity contribution in [1.29, 1.82) is 5.26 Å². The number of nitrogens with one attached hydrogen (secondary N) is 4. The van der Waals surface area contributed by atoms with Gasteiger partial charge in [0.2, 0.25) is 17.7 Å². The second kappa shape index (κ2) is 25.9. The number of amides is 6. The number of anilines is 1. The number of likely N-dealkylation sites (N-methyl/N-ethyl adjacent to an activating group) is 1. The molecule has 6 amide bonds. The fourth-order valence-electron chi connectivity index (χ4n) is 8.67. The number of nitrogens with zero attached hydrogens (tertiary/aromatic N) is 8. The number of nitrogen functional groups attached to an aromatic ring is 1. The second-order valence-corrected chi connectivity index (χ2v) is 19.3. The van der Waals surface area contributed by atoms with Crippen molar-refractivity contribution in [2.75, 3.05) is 59.3 Å². The van der Waals surface area contributed by atoms with Gasteiger partial charge in [-0.15, -0.1) is 0 Å². The molecule has 0 spiro atoms. The zero-order chi connectivity index (χ0) is 55.3. The van der Waals surface area contributed by atoms with Crippen LogP contribution in [0, 0.1) is 22.6 Å². The standard InChI is InChI=1S/C53H66FN13O9/c1-9-38(33-13-11-10-12-14-33)61-49(71)41-26-35(29-66(41)52(73)46(53(4,5)6)63-48(70)31(2)57-7)60-44(69)18-22-75-24-23-74-21-17-43(68)58-19-20-67-42-30-65(8)51(72)36-16-15-34(54)25-37(36)32(3)76-50-47(56)59-28-40(62-50)45(42)39(27-55)64-67/h10-16,25,28,32,35,41,46,57H,2,9,17-24,26,29-30H2,1,3-8H3,(H2,56,59)(H,58,68)(H,60,69)(H,63,70)/t32-,35+,41+,46-/m1/s1. The highest BCUT2D eigenvalue weighted by Crippen LogP contribution is 2.34. The number of carbonyl (C=O) groups excluding carboxylic acids is 6. The van der Waals surface area contributed by atoms with Crippen LogP contribution in [-0.2, 0) is 46.5 Å². The molecule has 1 fully saturated rings. The molecule has 22 nitrogen and oxygen atoms in total. The normalized spacial score (nSPS) is 16.9. The van der Waals surface area contributed by atoms with Gasteiger partial charge in [0, 0.05) is 57.2 Å². The maximum atomic E-state index is 14.4. The van der Waals surface area contributed by atoms with Gasteiger partial charge in [-0.25, -0.2) is 19.4 Å². The van der Waals surface area contributed by atoms with E-state index in [-0.39, 0.29) is 124 Å². The van der Waals surface area contributed by atoms with Crippen LogP contribution in [0.5, 0.6) is 5.88 Å². The lowest BCUT2D eigenvalue weighted by atomic mass is 9.85. The van der Waals surface area contributed by atoms with Crippen LogP contribution in [0.1, 0.15) is 99.3 Å². The zero-order valence-electron chi connectivity index (χ0n) is 43.9. The fraction of sp³-hybridized carbons (Fsp3) is 0.453. The van der Waals surface area contributed by atoms with E-state index in [0.29, 0.717) is 23.4 Å². The molecule has 6 rings (SSSR count). The number of fused-ring (bicyclic) bond motifs is 5. The number of halogens is 1. The summed E-state index contributed by atoms with van der Waals surface area (Å²) in [5, 5.41) is 25.8. The monoisotopic (exact) mass is 1050 g/mol. The number of ether oxygens (including phenoxy) is 3. The summed E-state index contributed by atoms with van der Waals surface area (Å²) in [6.45, 7) is 13.2. The maximum Gasteiger partial charge on any atom is 0.268 e. The molecule has 2 aliphatic rings.